The molecule has 0 bridgehead atoms. The average Bonchev–Trinajstić information content (AvgIpc) is 2.40. The van der Waals surface area contributed by atoms with Crippen LogP contribution in [-0.4, -0.2) is 46.5 Å². The van der Waals surface area contributed by atoms with Crippen LogP contribution in [-0.2, 0) is 11.3 Å². The van der Waals surface area contributed by atoms with Crippen molar-refractivity contribution >= 4 is 31.9 Å². The summed E-state index contributed by atoms with van der Waals surface area (Å²) in [4.78, 5) is 14.4. The topological polar surface area (TPSA) is 47.4 Å². The molecule has 106 valence electrons. The molecule has 0 radical (unpaired) electrons. The molecule has 1 atom stereocenters. The Bertz CT molecular complexity index is 504. The summed E-state index contributed by atoms with van der Waals surface area (Å²) in [7, 11) is 0. The Morgan fingerprint density at radius 1 is 1.53 bits per heavy atom. The minimum atomic E-state index is -0.139. The van der Waals surface area contributed by atoms with E-state index in [1.807, 2.05) is 0 Å². The first-order chi connectivity index (χ1) is 8.99. The summed E-state index contributed by atoms with van der Waals surface area (Å²) in [5, 5.41) is 4.13. The lowest BCUT2D eigenvalue weighted by Crippen LogP contribution is -2.48. The summed E-state index contributed by atoms with van der Waals surface area (Å²) in [5.41, 5.74) is -0.139. The third-order valence-corrected chi connectivity index (χ3v) is 5.12. The van der Waals surface area contributed by atoms with Crippen LogP contribution in [0.25, 0.3) is 0 Å². The van der Waals surface area contributed by atoms with Gasteiger partial charge in [0.05, 0.1) is 29.9 Å². The van der Waals surface area contributed by atoms with Gasteiger partial charge < -0.3 is 4.74 Å². The number of nitrogens with zero attached hydrogens (tertiary/aromatic N) is 3. The van der Waals surface area contributed by atoms with Crippen LogP contribution < -0.4 is 5.56 Å². The quantitative estimate of drug-likeness (QED) is 0.785. The molecular formula is C12H17Br2N3O2. The van der Waals surface area contributed by atoms with E-state index in [0.717, 1.165) is 13.1 Å². The van der Waals surface area contributed by atoms with Crippen LogP contribution in [0.15, 0.2) is 19.9 Å². The van der Waals surface area contributed by atoms with Crippen LogP contribution in [0, 0.1) is 0 Å². The molecule has 0 spiro atoms. The van der Waals surface area contributed by atoms with E-state index in [1.54, 1.807) is 6.20 Å². The fourth-order valence-electron chi connectivity index (χ4n) is 2.09. The number of ether oxygens (including phenoxy) is 1. The number of halogens is 2. The van der Waals surface area contributed by atoms with Crippen molar-refractivity contribution in [1.82, 2.24) is 14.7 Å². The Hall–Kier alpha value is -0.240. The first-order valence-electron chi connectivity index (χ1n) is 6.26. The van der Waals surface area contributed by atoms with E-state index in [0.29, 0.717) is 28.1 Å². The minimum Gasteiger partial charge on any atom is -0.374 e. The number of aromatic nitrogens is 2. The molecule has 0 amide bonds. The molecule has 1 aliphatic heterocycles. The first-order valence-corrected chi connectivity index (χ1v) is 7.84. The molecule has 1 aliphatic rings. The maximum atomic E-state index is 12.0. The Kier molecular flexibility index (Phi) is 5.16. The summed E-state index contributed by atoms with van der Waals surface area (Å²) in [5.74, 6) is 0. The third kappa shape index (κ3) is 3.65. The zero-order valence-corrected chi connectivity index (χ0v) is 14.1. The second-order valence-corrected chi connectivity index (χ2v) is 6.52. The zero-order valence-electron chi connectivity index (χ0n) is 11.0. The second-order valence-electron chi connectivity index (χ2n) is 4.88. The van der Waals surface area contributed by atoms with Gasteiger partial charge in [-0.2, -0.15) is 5.10 Å². The van der Waals surface area contributed by atoms with Gasteiger partial charge in [0.2, 0.25) is 0 Å². The maximum absolute atomic E-state index is 12.0. The van der Waals surface area contributed by atoms with E-state index >= 15 is 0 Å². The Balaban J connectivity index is 2.09. The van der Waals surface area contributed by atoms with Crippen LogP contribution in [0.1, 0.15) is 13.8 Å². The molecule has 0 aliphatic carbocycles. The lowest BCUT2D eigenvalue weighted by molar-refractivity contribution is -0.0475. The molecule has 5 nitrogen and oxygen atoms in total. The highest BCUT2D eigenvalue weighted by Gasteiger charge is 2.23. The van der Waals surface area contributed by atoms with Gasteiger partial charge in [-0.15, -0.1) is 0 Å². The molecule has 2 heterocycles. The summed E-state index contributed by atoms with van der Waals surface area (Å²) < 4.78 is 8.33. The van der Waals surface area contributed by atoms with Crippen LogP contribution >= 0.6 is 31.9 Å². The second kappa shape index (κ2) is 6.47. The van der Waals surface area contributed by atoms with Gasteiger partial charge in [0.15, 0.2) is 0 Å². The molecular weight excluding hydrogens is 378 g/mol. The Morgan fingerprint density at radius 2 is 2.26 bits per heavy atom. The van der Waals surface area contributed by atoms with E-state index in [9.17, 15) is 4.79 Å². The molecule has 1 aromatic rings. The van der Waals surface area contributed by atoms with Gasteiger partial charge in [-0.1, -0.05) is 0 Å². The molecule has 2 rings (SSSR count). The molecule has 19 heavy (non-hydrogen) atoms. The maximum Gasteiger partial charge on any atom is 0.282 e. The van der Waals surface area contributed by atoms with Crippen molar-refractivity contribution < 1.29 is 4.74 Å². The highest BCUT2D eigenvalue weighted by Crippen LogP contribution is 2.17. The number of hydrogen-bond acceptors (Lipinski definition) is 4. The number of rotatable bonds is 3. The molecule has 7 heteroatoms. The lowest BCUT2D eigenvalue weighted by atomic mass is 10.2. The van der Waals surface area contributed by atoms with Crippen molar-refractivity contribution in [3.8, 4) is 0 Å². The van der Waals surface area contributed by atoms with Gasteiger partial charge >= 0.3 is 0 Å². The van der Waals surface area contributed by atoms with Crippen LogP contribution in [0.2, 0.25) is 0 Å². The summed E-state index contributed by atoms with van der Waals surface area (Å²) in [6, 6.07) is 0.493. The van der Waals surface area contributed by atoms with Gasteiger partial charge in [-0.25, -0.2) is 4.68 Å². The normalized spacial score (nSPS) is 21.0. The highest BCUT2D eigenvalue weighted by atomic mass is 79.9. The zero-order chi connectivity index (χ0) is 14.0. The molecule has 1 unspecified atom stereocenters. The predicted octanol–water partition coefficient (Wildman–Crippen LogP) is 1.88. The van der Waals surface area contributed by atoms with Crippen molar-refractivity contribution in [2.24, 2.45) is 0 Å². The largest absolute Gasteiger partial charge is 0.374 e. The smallest absolute Gasteiger partial charge is 0.282 e. The van der Waals surface area contributed by atoms with Crippen LogP contribution in [0.5, 0.6) is 0 Å². The average molecular weight is 395 g/mol. The van der Waals surface area contributed by atoms with Gasteiger partial charge in [0.1, 0.15) is 4.47 Å². The Labute approximate surface area is 129 Å². The van der Waals surface area contributed by atoms with Crippen molar-refractivity contribution in [2.45, 2.75) is 32.5 Å². The SMILES string of the molecule is CC(C)N1CCOC(Cn2ncc(Br)c(Br)c2=O)C1. The molecule has 1 aromatic heterocycles. The van der Waals surface area contributed by atoms with E-state index in [-0.39, 0.29) is 11.7 Å². The van der Waals surface area contributed by atoms with Crippen LogP contribution in [0.4, 0.5) is 0 Å². The standard InChI is InChI=1S/C12H17Br2N3O2/c1-8(2)16-3-4-19-9(6-16)7-17-12(18)11(14)10(13)5-15-17/h5,8-9H,3-4,6-7H2,1-2H3. The van der Waals surface area contributed by atoms with E-state index in [2.05, 4.69) is 55.7 Å². The van der Waals surface area contributed by atoms with Crippen LogP contribution in [0.3, 0.4) is 0 Å². The summed E-state index contributed by atoms with van der Waals surface area (Å²) in [6.45, 7) is 7.30. The minimum absolute atomic E-state index is 0.00873. The summed E-state index contributed by atoms with van der Waals surface area (Å²) >= 11 is 6.53. The van der Waals surface area contributed by atoms with Gasteiger partial charge in [0.25, 0.3) is 5.56 Å². The number of hydrogen-bond donors (Lipinski definition) is 0. The third-order valence-electron chi connectivity index (χ3n) is 3.22. The van der Waals surface area contributed by atoms with E-state index in [4.69, 9.17) is 4.74 Å². The van der Waals surface area contributed by atoms with Gasteiger partial charge in [-0.3, -0.25) is 9.69 Å². The van der Waals surface area contributed by atoms with E-state index < -0.39 is 0 Å². The molecule has 0 saturated carbocycles. The lowest BCUT2D eigenvalue weighted by Gasteiger charge is -2.35. The highest BCUT2D eigenvalue weighted by molar-refractivity contribution is 9.13. The van der Waals surface area contributed by atoms with Crippen molar-refractivity contribution in [1.29, 1.82) is 0 Å². The summed E-state index contributed by atoms with van der Waals surface area (Å²) in [6.07, 6.45) is 1.63. The van der Waals surface area contributed by atoms with Crippen molar-refractivity contribution in [3.05, 3.63) is 25.5 Å². The fraction of sp³-hybridized carbons (Fsp3) is 0.667. The fourth-order valence-corrected chi connectivity index (χ4v) is 2.66. The molecule has 0 N–H and O–H groups in total. The molecule has 1 fully saturated rings. The van der Waals surface area contributed by atoms with Gasteiger partial charge in [0, 0.05) is 19.1 Å². The van der Waals surface area contributed by atoms with E-state index in [1.165, 1.54) is 4.68 Å². The first kappa shape index (κ1) is 15.2. The molecule has 0 aromatic carbocycles. The monoisotopic (exact) mass is 393 g/mol. The van der Waals surface area contributed by atoms with Crippen molar-refractivity contribution in [2.75, 3.05) is 19.7 Å². The Morgan fingerprint density at radius 3 is 2.95 bits per heavy atom. The predicted molar refractivity (Wildman–Crippen MR) is 80.3 cm³/mol. The van der Waals surface area contributed by atoms with Gasteiger partial charge in [-0.05, 0) is 45.7 Å². The molecule has 1 saturated heterocycles. The number of morpholine rings is 1. The van der Waals surface area contributed by atoms with Crippen molar-refractivity contribution in [3.63, 3.8) is 0 Å².